The first-order valence-electron chi connectivity index (χ1n) is 5.37. The molecule has 2 aromatic rings. The van der Waals surface area contributed by atoms with Gasteiger partial charge < -0.3 is 15.2 Å². The van der Waals surface area contributed by atoms with Crippen molar-refractivity contribution in [2.75, 3.05) is 17.2 Å². The summed E-state index contributed by atoms with van der Waals surface area (Å²) in [6.07, 6.45) is 3.32. The first kappa shape index (κ1) is 11.3. The smallest absolute Gasteiger partial charge is 0.223 e. The zero-order chi connectivity index (χ0) is 12.1. The summed E-state index contributed by atoms with van der Waals surface area (Å²) in [4.78, 5) is 12.5. The van der Waals surface area contributed by atoms with Crippen molar-refractivity contribution in [3.63, 3.8) is 0 Å². The van der Waals surface area contributed by atoms with Gasteiger partial charge in [-0.2, -0.15) is 4.98 Å². The van der Waals surface area contributed by atoms with Crippen LogP contribution < -0.4 is 10.6 Å². The van der Waals surface area contributed by atoms with E-state index >= 15 is 0 Å². The number of aromatic nitrogens is 4. The van der Waals surface area contributed by atoms with E-state index in [0.717, 1.165) is 12.4 Å². The van der Waals surface area contributed by atoms with E-state index < -0.39 is 0 Å². The number of aryl methyl sites for hydroxylation is 1. The summed E-state index contributed by atoms with van der Waals surface area (Å²) >= 11 is 0. The standard InChI is InChI=1S/C10H14N6O/c1-3-12-8-4-11-5-9(15-8)13-6-10-14-7(2)17-16-10/h4-5H,3,6H2,1-2H3,(H2,12,13,15). The summed E-state index contributed by atoms with van der Waals surface area (Å²) < 4.78 is 4.87. The molecule has 2 aromatic heterocycles. The molecule has 0 fully saturated rings. The molecule has 0 bridgehead atoms. The Bertz CT molecular complexity index is 483. The molecule has 0 aliphatic carbocycles. The molecule has 0 unspecified atom stereocenters. The van der Waals surface area contributed by atoms with Gasteiger partial charge in [0, 0.05) is 13.5 Å². The lowest BCUT2D eigenvalue weighted by Gasteiger charge is -2.05. The fraction of sp³-hybridized carbons (Fsp3) is 0.400. The van der Waals surface area contributed by atoms with Gasteiger partial charge in [-0.1, -0.05) is 5.16 Å². The van der Waals surface area contributed by atoms with Crippen LogP contribution in [0.1, 0.15) is 18.6 Å². The average molecular weight is 234 g/mol. The Balaban J connectivity index is 1.96. The highest BCUT2D eigenvalue weighted by Crippen LogP contribution is 2.07. The van der Waals surface area contributed by atoms with Crippen molar-refractivity contribution in [2.45, 2.75) is 20.4 Å². The van der Waals surface area contributed by atoms with Crippen LogP contribution in [0.2, 0.25) is 0 Å². The van der Waals surface area contributed by atoms with Crippen molar-refractivity contribution in [1.29, 1.82) is 0 Å². The lowest BCUT2D eigenvalue weighted by molar-refractivity contribution is 0.388. The van der Waals surface area contributed by atoms with Crippen molar-refractivity contribution in [1.82, 2.24) is 20.1 Å². The van der Waals surface area contributed by atoms with Crippen LogP contribution in [0.25, 0.3) is 0 Å². The maximum Gasteiger partial charge on any atom is 0.223 e. The topological polar surface area (TPSA) is 88.8 Å². The van der Waals surface area contributed by atoms with E-state index in [2.05, 4.69) is 30.7 Å². The Morgan fingerprint density at radius 1 is 1.18 bits per heavy atom. The molecule has 7 nitrogen and oxygen atoms in total. The van der Waals surface area contributed by atoms with Gasteiger partial charge in [-0.3, -0.25) is 4.98 Å². The van der Waals surface area contributed by atoms with E-state index in [1.807, 2.05) is 6.92 Å². The summed E-state index contributed by atoms with van der Waals surface area (Å²) in [5.74, 6) is 2.56. The Morgan fingerprint density at radius 2 is 1.94 bits per heavy atom. The highest BCUT2D eigenvalue weighted by molar-refractivity contribution is 5.41. The zero-order valence-corrected chi connectivity index (χ0v) is 9.77. The zero-order valence-electron chi connectivity index (χ0n) is 9.77. The van der Waals surface area contributed by atoms with Gasteiger partial charge in [0.25, 0.3) is 0 Å². The quantitative estimate of drug-likeness (QED) is 0.803. The first-order chi connectivity index (χ1) is 8.28. The molecular weight excluding hydrogens is 220 g/mol. The second-order valence-corrected chi connectivity index (χ2v) is 3.40. The summed E-state index contributed by atoms with van der Waals surface area (Å²) in [5, 5.41) is 9.94. The minimum absolute atomic E-state index is 0.460. The Labute approximate surface area is 98.7 Å². The normalized spacial score (nSPS) is 10.2. The third-order valence-electron chi connectivity index (χ3n) is 1.99. The molecule has 0 saturated carbocycles. The molecule has 17 heavy (non-hydrogen) atoms. The second kappa shape index (κ2) is 5.24. The third kappa shape index (κ3) is 3.13. The van der Waals surface area contributed by atoms with Crippen LogP contribution in [0.5, 0.6) is 0 Å². The van der Waals surface area contributed by atoms with Crippen LogP contribution in [0.4, 0.5) is 11.6 Å². The molecule has 2 rings (SSSR count). The summed E-state index contributed by atoms with van der Waals surface area (Å²) in [6, 6.07) is 0. The fourth-order valence-corrected chi connectivity index (χ4v) is 1.30. The van der Waals surface area contributed by atoms with Gasteiger partial charge >= 0.3 is 0 Å². The number of nitrogens with zero attached hydrogens (tertiary/aromatic N) is 4. The van der Waals surface area contributed by atoms with Crippen LogP contribution in [-0.4, -0.2) is 26.7 Å². The van der Waals surface area contributed by atoms with E-state index in [4.69, 9.17) is 4.52 Å². The summed E-state index contributed by atoms with van der Waals surface area (Å²) in [7, 11) is 0. The lowest BCUT2D eigenvalue weighted by Crippen LogP contribution is -2.06. The number of hydrogen-bond donors (Lipinski definition) is 2. The van der Waals surface area contributed by atoms with Gasteiger partial charge in [0.15, 0.2) is 5.82 Å². The molecule has 0 aliphatic rings. The number of anilines is 2. The van der Waals surface area contributed by atoms with E-state index in [9.17, 15) is 0 Å². The predicted molar refractivity (Wildman–Crippen MR) is 62.6 cm³/mol. The number of rotatable bonds is 5. The Morgan fingerprint density at radius 3 is 2.59 bits per heavy atom. The molecule has 0 aromatic carbocycles. The lowest BCUT2D eigenvalue weighted by atomic mass is 10.5. The van der Waals surface area contributed by atoms with Crippen molar-refractivity contribution in [2.24, 2.45) is 0 Å². The van der Waals surface area contributed by atoms with Gasteiger partial charge in [-0.25, -0.2) is 4.98 Å². The molecule has 0 saturated heterocycles. The van der Waals surface area contributed by atoms with Crippen LogP contribution in [-0.2, 0) is 6.54 Å². The molecule has 0 aliphatic heterocycles. The Hall–Kier alpha value is -2.18. The fourth-order valence-electron chi connectivity index (χ4n) is 1.30. The van der Waals surface area contributed by atoms with Crippen LogP contribution >= 0.6 is 0 Å². The summed E-state index contributed by atoms with van der Waals surface area (Å²) in [5.41, 5.74) is 0. The van der Waals surface area contributed by atoms with Crippen LogP contribution in [0.15, 0.2) is 16.9 Å². The van der Waals surface area contributed by atoms with E-state index in [1.165, 1.54) is 0 Å². The molecule has 0 spiro atoms. The largest absolute Gasteiger partial charge is 0.369 e. The van der Waals surface area contributed by atoms with Gasteiger partial charge in [0.1, 0.15) is 11.6 Å². The van der Waals surface area contributed by atoms with Crippen molar-refractivity contribution < 1.29 is 4.52 Å². The van der Waals surface area contributed by atoms with E-state index in [1.54, 1.807) is 19.3 Å². The first-order valence-corrected chi connectivity index (χ1v) is 5.37. The van der Waals surface area contributed by atoms with Gasteiger partial charge in [-0.15, -0.1) is 0 Å². The number of nitrogens with one attached hydrogen (secondary N) is 2. The van der Waals surface area contributed by atoms with E-state index in [-0.39, 0.29) is 0 Å². The molecule has 2 heterocycles. The molecule has 2 N–H and O–H groups in total. The minimum Gasteiger partial charge on any atom is -0.369 e. The van der Waals surface area contributed by atoms with Gasteiger partial charge in [0.2, 0.25) is 5.89 Å². The maximum atomic E-state index is 4.87. The molecule has 0 radical (unpaired) electrons. The molecule has 0 amide bonds. The second-order valence-electron chi connectivity index (χ2n) is 3.40. The third-order valence-corrected chi connectivity index (χ3v) is 1.99. The Kier molecular flexibility index (Phi) is 3.49. The van der Waals surface area contributed by atoms with Crippen molar-refractivity contribution in [3.8, 4) is 0 Å². The van der Waals surface area contributed by atoms with E-state index in [0.29, 0.717) is 24.1 Å². The molecule has 90 valence electrons. The van der Waals surface area contributed by atoms with Gasteiger partial charge in [0.05, 0.1) is 18.9 Å². The van der Waals surface area contributed by atoms with Crippen molar-refractivity contribution >= 4 is 11.6 Å². The molecule has 7 heteroatoms. The maximum absolute atomic E-state index is 4.87. The summed E-state index contributed by atoms with van der Waals surface area (Å²) in [6.45, 7) is 5.02. The van der Waals surface area contributed by atoms with Crippen LogP contribution in [0.3, 0.4) is 0 Å². The van der Waals surface area contributed by atoms with Crippen molar-refractivity contribution in [3.05, 3.63) is 24.1 Å². The molecular formula is C10H14N6O. The predicted octanol–water partition coefficient (Wildman–Crippen LogP) is 1.21. The monoisotopic (exact) mass is 234 g/mol. The minimum atomic E-state index is 0.460. The highest BCUT2D eigenvalue weighted by Gasteiger charge is 2.03. The SMILES string of the molecule is CCNc1cncc(NCc2noc(C)n2)n1. The number of hydrogen-bond acceptors (Lipinski definition) is 7. The molecule has 0 atom stereocenters. The average Bonchev–Trinajstić information content (AvgIpc) is 2.74. The van der Waals surface area contributed by atoms with Gasteiger partial charge in [-0.05, 0) is 6.92 Å². The highest BCUT2D eigenvalue weighted by atomic mass is 16.5. The van der Waals surface area contributed by atoms with Crippen LogP contribution in [0, 0.1) is 6.92 Å².